The largest absolute Gasteiger partial charge is 0.497 e. The van der Waals surface area contributed by atoms with Crippen molar-refractivity contribution in [2.24, 2.45) is 5.73 Å². The fourth-order valence-corrected chi connectivity index (χ4v) is 2.95. The van der Waals surface area contributed by atoms with Gasteiger partial charge >= 0.3 is 0 Å². The summed E-state index contributed by atoms with van der Waals surface area (Å²) in [5, 5.41) is 0. The number of nitrogens with two attached hydrogens (primary N) is 1. The van der Waals surface area contributed by atoms with Crippen LogP contribution in [0.2, 0.25) is 0 Å². The number of methoxy groups -OCH3 is 2. The van der Waals surface area contributed by atoms with Crippen molar-refractivity contribution in [1.82, 2.24) is 9.38 Å². The Kier molecular flexibility index (Phi) is 4.44. The summed E-state index contributed by atoms with van der Waals surface area (Å²) >= 11 is 0. The highest BCUT2D eigenvalue weighted by Crippen LogP contribution is 2.37. The van der Waals surface area contributed by atoms with Crippen LogP contribution < -0.4 is 15.2 Å². The summed E-state index contributed by atoms with van der Waals surface area (Å²) in [4.78, 5) is 4.87. The molecule has 1 aromatic carbocycles. The minimum Gasteiger partial charge on any atom is -0.497 e. The molecular formula is C19H23N3O2. The number of ether oxygens (including phenoxy) is 2. The molecule has 1 unspecified atom stereocenters. The van der Waals surface area contributed by atoms with Crippen LogP contribution in [0.3, 0.4) is 0 Å². The molecule has 2 aromatic heterocycles. The van der Waals surface area contributed by atoms with Crippen LogP contribution in [0, 0.1) is 6.92 Å². The zero-order valence-electron chi connectivity index (χ0n) is 14.5. The zero-order valence-corrected chi connectivity index (χ0v) is 14.5. The summed E-state index contributed by atoms with van der Waals surface area (Å²) in [7, 11) is 3.32. The summed E-state index contributed by atoms with van der Waals surface area (Å²) in [6.07, 6.45) is 2.05. The summed E-state index contributed by atoms with van der Waals surface area (Å²) in [5.74, 6) is 1.69. The van der Waals surface area contributed by atoms with Crippen molar-refractivity contribution < 1.29 is 9.47 Å². The van der Waals surface area contributed by atoms with Crippen LogP contribution in [0.5, 0.6) is 11.5 Å². The van der Waals surface area contributed by atoms with Crippen molar-refractivity contribution in [3.63, 3.8) is 0 Å². The van der Waals surface area contributed by atoms with E-state index in [-0.39, 0.29) is 5.92 Å². The van der Waals surface area contributed by atoms with Gasteiger partial charge in [0.05, 0.1) is 25.6 Å². The van der Waals surface area contributed by atoms with Crippen LogP contribution in [0.25, 0.3) is 16.9 Å². The summed E-state index contributed by atoms with van der Waals surface area (Å²) < 4.78 is 13.0. The third kappa shape index (κ3) is 2.71. The molecule has 2 heterocycles. The second-order valence-corrected chi connectivity index (χ2v) is 5.98. The molecule has 0 bridgehead atoms. The van der Waals surface area contributed by atoms with Crippen LogP contribution in [0.1, 0.15) is 24.1 Å². The number of pyridine rings is 1. The Morgan fingerprint density at radius 1 is 1.17 bits per heavy atom. The smallest absolute Gasteiger partial charge is 0.137 e. The first kappa shape index (κ1) is 16.3. The van der Waals surface area contributed by atoms with E-state index < -0.39 is 0 Å². The topological polar surface area (TPSA) is 61.8 Å². The molecule has 126 valence electrons. The fraction of sp³-hybridized carbons (Fsp3) is 0.316. The highest BCUT2D eigenvalue weighted by Gasteiger charge is 2.21. The van der Waals surface area contributed by atoms with Gasteiger partial charge < -0.3 is 19.6 Å². The molecule has 0 saturated heterocycles. The van der Waals surface area contributed by atoms with Gasteiger partial charge in [-0.1, -0.05) is 6.92 Å². The molecule has 3 aromatic rings. The van der Waals surface area contributed by atoms with Crippen molar-refractivity contribution in [1.29, 1.82) is 0 Å². The zero-order chi connectivity index (χ0) is 17.3. The number of hydrogen-bond acceptors (Lipinski definition) is 4. The van der Waals surface area contributed by atoms with Gasteiger partial charge in [0.2, 0.25) is 0 Å². The molecule has 0 radical (unpaired) electrons. The molecule has 5 heteroatoms. The van der Waals surface area contributed by atoms with Crippen LogP contribution in [0.4, 0.5) is 0 Å². The van der Waals surface area contributed by atoms with E-state index in [1.54, 1.807) is 14.2 Å². The van der Waals surface area contributed by atoms with E-state index in [1.165, 1.54) is 5.56 Å². The monoisotopic (exact) mass is 325 g/mol. The van der Waals surface area contributed by atoms with E-state index in [0.717, 1.165) is 34.1 Å². The van der Waals surface area contributed by atoms with Gasteiger partial charge in [-0.2, -0.15) is 0 Å². The van der Waals surface area contributed by atoms with Gasteiger partial charge in [-0.15, -0.1) is 0 Å². The van der Waals surface area contributed by atoms with E-state index in [2.05, 4.69) is 36.6 Å². The normalized spacial score (nSPS) is 12.4. The molecule has 5 nitrogen and oxygen atoms in total. The standard InChI is InChI=1S/C19H23N3O2/c1-12-7-8-22-17(9-12)21-18(19(22)13(2)11-20)15-10-14(23-3)5-6-16(15)24-4/h5-10,13H,11,20H2,1-4H3. The first-order valence-electron chi connectivity index (χ1n) is 8.00. The molecule has 24 heavy (non-hydrogen) atoms. The Balaban J connectivity index is 2.33. The lowest BCUT2D eigenvalue weighted by molar-refractivity contribution is 0.404. The van der Waals surface area contributed by atoms with Gasteiger partial charge in [-0.05, 0) is 42.8 Å². The molecule has 0 fully saturated rings. The van der Waals surface area contributed by atoms with E-state index in [4.69, 9.17) is 20.2 Å². The second kappa shape index (κ2) is 6.53. The van der Waals surface area contributed by atoms with Crippen LogP contribution in [-0.4, -0.2) is 30.1 Å². The highest BCUT2D eigenvalue weighted by molar-refractivity contribution is 5.74. The van der Waals surface area contributed by atoms with E-state index in [9.17, 15) is 0 Å². The highest BCUT2D eigenvalue weighted by atomic mass is 16.5. The number of fused-ring (bicyclic) bond motifs is 1. The average molecular weight is 325 g/mol. The third-order valence-corrected chi connectivity index (χ3v) is 4.30. The number of aryl methyl sites for hydroxylation is 1. The average Bonchev–Trinajstić information content (AvgIpc) is 2.98. The molecule has 0 aliphatic rings. The predicted octanol–water partition coefficient (Wildman–Crippen LogP) is 3.39. The summed E-state index contributed by atoms with van der Waals surface area (Å²) in [6.45, 7) is 4.72. The van der Waals surface area contributed by atoms with Crippen LogP contribution >= 0.6 is 0 Å². The van der Waals surface area contributed by atoms with Crippen LogP contribution in [-0.2, 0) is 0 Å². The first-order chi connectivity index (χ1) is 11.6. The molecule has 3 rings (SSSR count). The quantitative estimate of drug-likeness (QED) is 0.781. The lowest BCUT2D eigenvalue weighted by atomic mass is 10.0. The maximum absolute atomic E-state index is 5.96. The lowest BCUT2D eigenvalue weighted by Crippen LogP contribution is -2.12. The minimum absolute atomic E-state index is 0.161. The maximum Gasteiger partial charge on any atom is 0.137 e. The third-order valence-electron chi connectivity index (χ3n) is 4.30. The van der Waals surface area contributed by atoms with Crippen molar-refractivity contribution in [2.75, 3.05) is 20.8 Å². The van der Waals surface area contributed by atoms with Crippen molar-refractivity contribution in [2.45, 2.75) is 19.8 Å². The van der Waals surface area contributed by atoms with E-state index >= 15 is 0 Å². The number of benzene rings is 1. The SMILES string of the molecule is COc1ccc(OC)c(-c2nc3cc(C)ccn3c2C(C)CN)c1. The lowest BCUT2D eigenvalue weighted by Gasteiger charge is -2.14. The number of nitrogens with zero attached hydrogens (tertiary/aromatic N) is 2. The van der Waals surface area contributed by atoms with Crippen molar-refractivity contribution in [3.05, 3.63) is 47.8 Å². The fourth-order valence-electron chi connectivity index (χ4n) is 2.95. The molecular weight excluding hydrogens is 302 g/mol. The number of hydrogen-bond donors (Lipinski definition) is 1. The van der Waals surface area contributed by atoms with E-state index in [0.29, 0.717) is 6.54 Å². The Hall–Kier alpha value is -2.53. The molecule has 0 spiro atoms. The number of aromatic nitrogens is 2. The Labute approximate surface area is 142 Å². The Morgan fingerprint density at radius 3 is 2.62 bits per heavy atom. The van der Waals surface area contributed by atoms with Crippen molar-refractivity contribution in [3.8, 4) is 22.8 Å². The van der Waals surface area contributed by atoms with Gasteiger partial charge in [0.1, 0.15) is 17.1 Å². The van der Waals surface area contributed by atoms with Gasteiger partial charge in [0.15, 0.2) is 0 Å². The summed E-state index contributed by atoms with van der Waals surface area (Å²) in [5.41, 5.74) is 10.9. The van der Waals surface area contributed by atoms with Crippen molar-refractivity contribution >= 4 is 5.65 Å². The maximum atomic E-state index is 5.96. The molecule has 1 atom stereocenters. The predicted molar refractivity (Wildman–Crippen MR) is 95.9 cm³/mol. The number of rotatable bonds is 5. The summed E-state index contributed by atoms with van der Waals surface area (Å²) in [6, 6.07) is 9.89. The van der Waals surface area contributed by atoms with Gasteiger partial charge in [-0.25, -0.2) is 4.98 Å². The molecule has 0 aliphatic carbocycles. The van der Waals surface area contributed by atoms with Gasteiger partial charge in [0, 0.05) is 24.2 Å². The Bertz CT molecular complexity index is 870. The van der Waals surface area contributed by atoms with Gasteiger partial charge in [-0.3, -0.25) is 0 Å². The first-order valence-corrected chi connectivity index (χ1v) is 8.00. The molecule has 0 amide bonds. The Morgan fingerprint density at radius 2 is 1.96 bits per heavy atom. The number of imidazole rings is 1. The van der Waals surface area contributed by atoms with E-state index in [1.807, 2.05) is 18.2 Å². The van der Waals surface area contributed by atoms with Crippen LogP contribution in [0.15, 0.2) is 36.5 Å². The molecule has 2 N–H and O–H groups in total. The molecule has 0 aliphatic heterocycles. The molecule has 0 saturated carbocycles. The van der Waals surface area contributed by atoms with Gasteiger partial charge in [0.25, 0.3) is 0 Å². The second-order valence-electron chi connectivity index (χ2n) is 5.98. The minimum atomic E-state index is 0.161.